The molecule has 0 fully saturated rings. The standard InChI is InChI=1S/C5H7BrO2/c1-4(7)3-5(2)8-6/h3H,1-2H3/b5-3-. The predicted molar refractivity (Wildman–Crippen MR) is 34.5 cm³/mol. The zero-order valence-electron chi connectivity index (χ0n) is 4.77. The van der Waals surface area contributed by atoms with Crippen molar-refractivity contribution in [3.05, 3.63) is 11.8 Å². The van der Waals surface area contributed by atoms with Crippen LogP contribution in [0.4, 0.5) is 0 Å². The van der Waals surface area contributed by atoms with Crippen molar-refractivity contribution in [1.29, 1.82) is 0 Å². The topological polar surface area (TPSA) is 26.3 Å². The molecule has 0 atom stereocenters. The number of rotatable bonds is 2. The van der Waals surface area contributed by atoms with Gasteiger partial charge in [-0.3, -0.25) is 4.79 Å². The molecule has 0 saturated heterocycles. The Kier molecular flexibility index (Phi) is 3.52. The summed E-state index contributed by atoms with van der Waals surface area (Å²) in [4.78, 5) is 10.2. The zero-order valence-corrected chi connectivity index (χ0v) is 6.36. The third-order valence-electron chi connectivity index (χ3n) is 0.528. The summed E-state index contributed by atoms with van der Waals surface area (Å²) in [7, 11) is 0. The molecular formula is C5H7BrO2. The lowest BCUT2D eigenvalue weighted by Crippen LogP contribution is -1.83. The first-order chi connectivity index (χ1) is 3.66. The van der Waals surface area contributed by atoms with Gasteiger partial charge < -0.3 is 3.83 Å². The van der Waals surface area contributed by atoms with Crippen LogP contribution in [0.25, 0.3) is 0 Å². The number of carbonyl (C=O) groups excluding carboxylic acids is 1. The number of hydrogen-bond donors (Lipinski definition) is 0. The second-order valence-electron chi connectivity index (χ2n) is 1.44. The molecule has 0 aliphatic rings. The minimum absolute atomic E-state index is 0.0121. The van der Waals surface area contributed by atoms with Gasteiger partial charge in [-0.05, 0) is 13.8 Å². The van der Waals surface area contributed by atoms with E-state index in [1.165, 1.54) is 13.0 Å². The Morgan fingerprint density at radius 2 is 2.12 bits per heavy atom. The summed E-state index contributed by atoms with van der Waals surface area (Å²) in [5, 5.41) is 0. The molecule has 3 heteroatoms. The molecule has 46 valence electrons. The van der Waals surface area contributed by atoms with Crippen LogP contribution in [0.15, 0.2) is 11.8 Å². The van der Waals surface area contributed by atoms with Crippen molar-refractivity contribution in [1.82, 2.24) is 0 Å². The van der Waals surface area contributed by atoms with Gasteiger partial charge >= 0.3 is 0 Å². The van der Waals surface area contributed by atoms with E-state index in [1.54, 1.807) is 6.92 Å². The van der Waals surface area contributed by atoms with E-state index in [-0.39, 0.29) is 5.78 Å². The molecule has 0 amide bonds. The second kappa shape index (κ2) is 3.66. The van der Waals surface area contributed by atoms with E-state index < -0.39 is 0 Å². The first kappa shape index (κ1) is 7.69. The van der Waals surface area contributed by atoms with Crippen molar-refractivity contribution in [2.24, 2.45) is 0 Å². The van der Waals surface area contributed by atoms with Crippen molar-refractivity contribution in [3.8, 4) is 0 Å². The molecule has 0 aromatic heterocycles. The van der Waals surface area contributed by atoms with Gasteiger partial charge in [-0.1, -0.05) is 0 Å². The van der Waals surface area contributed by atoms with Gasteiger partial charge in [0.25, 0.3) is 0 Å². The lowest BCUT2D eigenvalue weighted by atomic mass is 10.4. The lowest BCUT2D eigenvalue weighted by Gasteiger charge is -1.89. The molecule has 0 heterocycles. The molecule has 2 nitrogen and oxygen atoms in total. The third kappa shape index (κ3) is 3.87. The Hall–Kier alpha value is -0.310. The summed E-state index contributed by atoms with van der Waals surface area (Å²) in [5.74, 6) is 0.555. The summed E-state index contributed by atoms with van der Waals surface area (Å²) in [5.41, 5.74) is 0. The molecule has 0 spiro atoms. The van der Waals surface area contributed by atoms with Gasteiger partial charge in [0.05, 0.1) is 0 Å². The normalized spacial score (nSPS) is 11.1. The van der Waals surface area contributed by atoms with Crippen molar-refractivity contribution in [2.75, 3.05) is 0 Å². The monoisotopic (exact) mass is 178 g/mol. The van der Waals surface area contributed by atoms with E-state index in [0.29, 0.717) is 5.76 Å². The highest BCUT2D eigenvalue weighted by Gasteiger charge is 1.87. The fourth-order valence-electron chi connectivity index (χ4n) is 0.309. The van der Waals surface area contributed by atoms with E-state index in [4.69, 9.17) is 0 Å². The minimum Gasteiger partial charge on any atom is -0.423 e. The average molecular weight is 179 g/mol. The zero-order chi connectivity index (χ0) is 6.57. The van der Waals surface area contributed by atoms with Gasteiger partial charge in [-0.25, -0.2) is 0 Å². The Balaban J connectivity index is 3.75. The van der Waals surface area contributed by atoms with E-state index >= 15 is 0 Å². The highest BCUT2D eigenvalue weighted by atomic mass is 79.9. The van der Waals surface area contributed by atoms with Gasteiger partial charge in [0.15, 0.2) is 22.0 Å². The molecule has 0 rings (SSSR count). The molecule has 0 N–H and O–H groups in total. The first-order valence-electron chi connectivity index (χ1n) is 2.14. The highest BCUT2D eigenvalue weighted by Crippen LogP contribution is 1.99. The first-order valence-corrected chi connectivity index (χ1v) is 2.79. The number of carbonyl (C=O) groups is 1. The maximum atomic E-state index is 10.2. The summed E-state index contributed by atoms with van der Waals surface area (Å²) in [6.45, 7) is 3.16. The fourth-order valence-corrected chi connectivity index (χ4v) is 0.402. The number of hydrogen-bond acceptors (Lipinski definition) is 2. The molecule has 0 aromatic rings. The quantitative estimate of drug-likeness (QED) is 0.477. The van der Waals surface area contributed by atoms with Crippen LogP contribution < -0.4 is 0 Å². The van der Waals surface area contributed by atoms with Crippen LogP contribution in [0.1, 0.15) is 13.8 Å². The Morgan fingerprint density at radius 3 is 2.25 bits per heavy atom. The van der Waals surface area contributed by atoms with Crippen LogP contribution in [-0.4, -0.2) is 5.78 Å². The molecule has 0 radical (unpaired) electrons. The van der Waals surface area contributed by atoms with Gasteiger partial charge in [0.1, 0.15) is 5.76 Å². The van der Waals surface area contributed by atoms with Crippen molar-refractivity contribution >= 4 is 22.0 Å². The molecule has 0 aliphatic carbocycles. The van der Waals surface area contributed by atoms with Gasteiger partial charge in [-0.2, -0.15) is 0 Å². The van der Waals surface area contributed by atoms with E-state index in [0.717, 1.165) is 0 Å². The van der Waals surface area contributed by atoms with E-state index in [2.05, 4.69) is 20.1 Å². The largest absolute Gasteiger partial charge is 0.423 e. The third-order valence-corrected chi connectivity index (χ3v) is 1.04. The molecule has 0 aliphatic heterocycles. The van der Waals surface area contributed by atoms with Crippen molar-refractivity contribution in [2.45, 2.75) is 13.8 Å². The summed E-state index contributed by atoms with van der Waals surface area (Å²) in [6, 6.07) is 0. The van der Waals surface area contributed by atoms with Crippen molar-refractivity contribution in [3.63, 3.8) is 0 Å². The maximum absolute atomic E-state index is 10.2. The van der Waals surface area contributed by atoms with Crippen LogP contribution in [0.2, 0.25) is 0 Å². The average Bonchev–Trinajstić information content (AvgIpc) is 1.65. The maximum Gasteiger partial charge on any atom is 0.178 e. The van der Waals surface area contributed by atoms with E-state index in [9.17, 15) is 4.79 Å². The van der Waals surface area contributed by atoms with Crippen LogP contribution in [0.3, 0.4) is 0 Å². The summed E-state index contributed by atoms with van der Waals surface area (Å²) < 4.78 is 4.51. The second-order valence-corrected chi connectivity index (χ2v) is 1.77. The highest BCUT2D eigenvalue weighted by molar-refractivity contribution is 9.06. The van der Waals surface area contributed by atoms with Gasteiger partial charge in [-0.15, -0.1) is 0 Å². The molecule has 0 aromatic carbocycles. The summed E-state index contributed by atoms with van der Waals surface area (Å²) in [6.07, 6.45) is 1.40. The Labute approximate surface area is 57.0 Å². The molecule has 0 saturated carbocycles. The summed E-state index contributed by atoms with van der Waals surface area (Å²) >= 11 is 2.72. The van der Waals surface area contributed by atoms with Crippen LogP contribution in [0.5, 0.6) is 0 Å². The molecule has 8 heavy (non-hydrogen) atoms. The SMILES string of the molecule is CC(=O)/C=C(/C)OBr. The smallest absolute Gasteiger partial charge is 0.178 e. The molecule has 0 bridgehead atoms. The van der Waals surface area contributed by atoms with Gasteiger partial charge in [0.2, 0.25) is 0 Å². The van der Waals surface area contributed by atoms with Crippen LogP contribution in [-0.2, 0) is 8.62 Å². The predicted octanol–water partition coefficient (Wildman–Crippen LogP) is 1.81. The minimum atomic E-state index is -0.0121. The fraction of sp³-hybridized carbons (Fsp3) is 0.400. The van der Waals surface area contributed by atoms with E-state index in [1.807, 2.05) is 0 Å². The van der Waals surface area contributed by atoms with Gasteiger partial charge in [0, 0.05) is 6.08 Å². The van der Waals surface area contributed by atoms with Crippen LogP contribution >= 0.6 is 16.3 Å². The molecule has 0 unspecified atom stereocenters. The number of allylic oxidation sites excluding steroid dienone is 2. The number of ketones is 1. The van der Waals surface area contributed by atoms with Crippen LogP contribution in [0, 0.1) is 0 Å². The Morgan fingerprint density at radius 1 is 1.62 bits per heavy atom. The molecular weight excluding hydrogens is 172 g/mol. The number of halogens is 1. The lowest BCUT2D eigenvalue weighted by molar-refractivity contribution is -0.112. The Bertz CT molecular complexity index is 118. The van der Waals surface area contributed by atoms with Crippen molar-refractivity contribution < 1.29 is 8.62 Å².